The van der Waals surface area contributed by atoms with E-state index >= 15 is 0 Å². The van der Waals surface area contributed by atoms with Gasteiger partial charge in [0.15, 0.2) is 0 Å². The molecule has 0 radical (unpaired) electrons. The van der Waals surface area contributed by atoms with E-state index in [2.05, 4.69) is 15.3 Å². The molecule has 0 saturated carbocycles. The minimum Gasteiger partial charge on any atom is -0.425 e. The maximum atomic E-state index is 12.3. The Morgan fingerprint density at radius 3 is 2.29 bits per heavy atom. The van der Waals surface area contributed by atoms with Gasteiger partial charge in [-0.1, -0.05) is 30.3 Å². The van der Waals surface area contributed by atoms with Crippen molar-refractivity contribution in [1.82, 2.24) is 9.97 Å². The van der Waals surface area contributed by atoms with Crippen LogP contribution >= 0.6 is 0 Å². The van der Waals surface area contributed by atoms with Gasteiger partial charge in [-0.3, -0.25) is 0 Å². The van der Waals surface area contributed by atoms with Crippen LogP contribution in [-0.2, 0) is 21.2 Å². The average molecular weight is 490 g/mol. The molecule has 1 atom stereocenters. The summed E-state index contributed by atoms with van der Waals surface area (Å²) in [7, 11) is -3.76. The topological polar surface area (TPSA) is 150 Å². The summed E-state index contributed by atoms with van der Waals surface area (Å²) in [6.07, 6.45) is 1.99. The third kappa shape index (κ3) is 6.48. The Kier molecular flexibility index (Phi) is 7.16. The normalized spacial score (nSPS) is 12.1. The first-order valence-electron chi connectivity index (χ1n) is 10.6. The number of nitrogens with zero attached hydrogens (tertiary/aromatic N) is 2. The van der Waals surface area contributed by atoms with Gasteiger partial charge in [-0.2, -0.15) is 0 Å². The van der Waals surface area contributed by atoms with Gasteiger partial charge >= 0.3 is 5.97 Å². The van der Waals surface area contributed by atoms with Crippen LogP contribution in [0.1, 0.15) is 5.56 Å². The van der Waals surface area contributed by atoms with Crippen LogP contribution in [0, 0.1) is 0 Å². The number of nitrogens with one attached hydrogen (secondary N) is 1. The number of hydrogen-bond donors (Lipinski definition) is 3. The molecule has 0 fully saturated rings. The Bertz CT molecular complexity index is 1410. The lowest BCUT2D eigenvalue weighted by Crippen LogP contribution is -2.36. The third-order valence-electron chi connectivity index (χ3n) is 5.06. The zero-order valence-electron chi connectivity index (χ0n) is 18.5. The predicted octanol–water partition coefficient (Wildman–Crippen LogP) is 3.01. The van der Waals surface area contributed by atoms with Crippen LogP contribution < -0.4 is 20.9 Å². The van der Waals surface area contributed by atoms with Crippen LogP contribution in [0.15, 0.2) is 96.0 Å². The van der Waals surface area contributed by atoms with Crippen LogP contribution in [0.2, 0.25) is 0 Å². The molecule has 0 saturated heterocycles. The SMILES string of the molecule is N[C@H](Cc1ccccc1)C(=O)Oc1ccc(-c2ccnc(Nc3ccc(S(N)(=O)=O)cc3)n2)cc1. The Hall–Kier alpha value is -4.12. The van der Waals surface area contributed by atoms with Crippen molar-refractivity contribution >= 4 is 27.6 Å². The van der Waals surface area contributed by atoms with E-state index in [1.54, 1.807) is 48.7 Å². The molecule has 35 heavy (non-hydrogen) atoms. The van der Waals surface area contributed by atoms with Crippen LogP contribution in [0.5, 0.6) is 5.75 Å². The molecule has 1 aromatic heterocycles. The zero-order chi connectivity index (χ0) is 24.8. The van der Waals surface area contributed by atoms with Crippen LogP contribution in [0.4, 0.5) is 11.6 Å². The lowest BCUT2D eigenvalue weighted by atomic mass is 10.1. The highest BCUT2D eigenvalue weighted by molar-refractivity contribution is 7.89. The molecule has 0 aliphatic rings. The summed E-state index contributed by atoms with van der Waals surface area (Å²) in [4.78, 5) is 21.0. The lowest BCUT2D eigenvalue weighted by Gasteiger charge is -2.12. The van der Waals surface area contributed by atoms with Crippen LogP contribution in [-0.4, -0.2) is 30.4 Å². The molecular formula is C25H23N5O4S. The van der Waals surface area contributed by atoms with Gasteiger partial charge < -0.3 is 15.8 Å². The van der Waals surface area contributed by atoms with Crippen molar-refractivity contribution in [2.24, 2.45) is 10.9 Å². The number of anilines is 2. The number of carbonyl (C=O) groups excluding carboxylic acids is 1. The summed E-state index contributed by atoms with van der Waals surface area (Å²) in [5.41, 5.74) is 8.98. The number of carbonyl (C=O) groups is 1. The van der Waals surface area contributed by atoms with E-state index in [4.69, 9.17) is 15.6 Å². The monoisotopic (exact) mass is 489 g/mol. The summed E-state index contributed by atoms with van der Waals surface area (Å²) in [6.45, 7) is 0. The molecule has 3 aromatic carbocycles. The molecular weight excluding hydrogens is 466 g/mol. The van der Waals surface area contributed by atoms with E-state index in [0.29, 0.717) is 29.5 Å². The molecule has 9 nitrogen and oxygen atoms in total. The lowest BCUT2D eigenvalue weighted by molar-refractivity contribution is -0.135. The van der Waals surface area contributed by atoms with E-state index in [-0.39, 0.29) is 4.90 Å². The number of nitrogens with two attached hydrogens (primary N) is 2. The molecule has 4 rings (SSSR count). The molecule has 1 heterocycles. The summed E-state index contributed by atoms with van der Waals surface area (Å²) in [6, 6.07) is 23.3. The maximum absolute atomic E-state index is 12.3. The van der Waals surface area contributed by atoms with Crippen molar-refractivity contribution in [3.05, 3.63) is 96.7 Å². The molecule has 4 aromatic rings. The van der Waals surface area contributed by atoms with Crippen molar-refractivity contribution in [1.29, 1.82) is 0 Å². The molecule has 178 valence electrons. The van der Waals surface area contributed by atoms with Gasteiger partial charge in [0.2, 0.25) is 16.0 Å². The van der Waals surface area contributed by atoms with Crippen LogP contribution in [0.25, 0.3) is 11.3 Å². The molecule has 0 unspecified atom stereocenters. The first kappa shape index (κ1) is 24.0. The molecule has 5 N–H and O–H groups in total. The third-order valence-corrected chi connectivity index (χ3v) is 5.99. The Morgan fingerprint density at radius 1 is 0.943 bits per heavy atom. The summed E-state index contributed by atoms with van der Waals surface area (Å²) in [5, 5.41) is 8.14. The van der Waals surface area contributed by atoms with E-state index in [1.807, 2.05) is 30.3 Å². The fourth-order valence-corrected chi connectivity index (χ4v) is 3.79. The number of rotatable bonds is 8. The number of benzene rings is 3. The maximum Gasteiger partial charge on any atom is 0.328 e. The second-order valence-electron chi connectivity index (χ2n) is 7.70. The zero-order valence-corrected chi connectivity index (χ0v) is 19.4. The molecule has 0 amide bonds. The molecule has 0 aliphatic heterocycles. The van der Waals surface area contributed by atoms with Gasteiger partial charge in [0.25, 0.3) is 0 Å². The number of ether oxygens (including phenoxy) is 1. The standard InChI is InChI=1S/C25H23N5O4S/c26-22(16-17-4-2-1-3-5-17)24(31)34-20-10-6-18(7-11-20)23-14-15-28-25(30-23)29-19-8-12-21(13-9-19)35(27,32)33/h1-15,22H,16,26H2,(H2,27,32,33)(H,28,29,30)/t22-/m1/s1. The summed E-state index contributed by atoms with van der Waals surface area (Å²) in [5.74, 6) is 0.196. The first-order valence-corrected chi connectivity index (χ1v) is 12.2. The average Bonchev–Trinajstić information content (AvgIpc) is 2.85. The van der Waals surface area contributed by atoms with E-state index < -0.39 is 22.0 Å². The molecule has 0 spiro atoms. The predicted molar refractivity (Wildman–Crippen MR) is 132 cm³/mol. The highest BCUT2D eigenvalue weighted by atomic mass is 32.2. The fourth-order valence-electron chi connectivity index (χ4n) is 3.27. The van der Waals surface area contributed by atoms with E-state index in [9.17, 15) is 13.2 Å². The second-order valence-corrected chi connectivity index (χ2v) is 9.26. The van der Waals surface area contributed by atoms with Crippen molar-refractivity contribution in [2.45, 2.75) is 17.4 Å². The van der Waals surface area contributed by atoms with Crippen molar-refractivity contribution in [3.63, 3.8) is 0 Å². The van der Waals surface area contributed by atoms with Gasteiger partial charge in [-0.05, 0) is 66.6 Å². The van der Waals surface area contributed by atoms with E-state index in [0.717, 1.165) is 11.1 Å². The molecule has 10 heteroatoms. The highest BCUT2D eigenvalue weighted by Crippen LogP contribution is 2.23. The van der Waals surface area contributed by atoms with Gasteiger partial charge in [-0.25, -0.2) is 28.3 Å². The van der Waals surface area contributed by atoms with Crippen molar-refractivity contribution < 1.29 is 17.9 Å². The van der Waals surface area contributed by atoms with Gasteiger partial charge in [0.1, 0.15) is 11.8 Å². The number of hydrogen-bond acceptors (Lipinski definition) is 8. The first-order chi connectivity index (χ1) is 16.8. The number of aromatic nitrogens is 2. The quantitative estimate of drug-likeness (QED) is 0.252. The molecule has 0 bridgehead atoms. The summed E-state index contributed by atoms with van der Waals surface area (Å²) >= 11 is 0. The van der Waals surface area contributed by atoms with Crippen LogP contribution in [0.3, 0.4) is 0 Å². The number of sulfonamides is 1. The number of primary sulfonamides is 1. The minimum atomic E-state index is -3.76. The Balaban J connectivity index is 1.40. The largest absolute Gasteiger partial charge is 0.425 e. The Labute approximate surface area is 202 Å². The van der Waals surface area contributed by atoms with Crippen molar-refractivity contribution in [3.8, 4) is 17.0 Å². The number of esters is 1. The van der Waals surface area contributed by atoms with E-state index in [1.165, 1.54) is 12.1 Å². The Morgan fingerprint density at radius 2 is 1.63 bits per heavy atom. The van der Waals surface area contributed by atoms with Gasteiger partial charge in [0, 0.05) is 17.4 Å². The second kappa shape index (κ2) is 10.4. The fraction of sp³-hybridized carbons (Fsp3) is 0.0800. The summed E-state index contributed by atoms with van der Waals surface area (Å²) < 4.78 is 28.2. The minimum absolute atomic E-state index is 0.0135. The smallest absolute Gasteiger partial charge is 0.328 e. The molecule has 0 aliphatic carbocycles. The van der Waals surface area contributed by atoms with Gasteiger partial charge in [-0.15, -0.1) is 0 Å². The highest BCUT2D eigenvalue weighted by Gasteiger charge is 2.16. The van der Waals surface area contributed by atoms with Crippen molar-refractivity contribution in [2.75, 3.05) is 5.32 Å². The van der Waals surface area contributed by atoms with Gasteiger partial charge in [0.05, 0.1) is 10.6 Å².